The van der Waals surface area contributed by atoms with Crippen LogP contribution in [0.3, 0.4) is 0 Å². The van der Waals surface area contributed by atoms with Crippen molar-refractivity contribution in [2.24, 2.45) is 0 Å². The first kappa shape index (κ1) is 20.5. The molecule has 1 amide bonds. The van der Waals surface area contributed by atoms with Gasteiger partial charge in [0.25, 0.3) is 5.91 Å². The third-order valence-corrected chi connectivity index (χ3v) is 5.41. The minimum absolute atomic E-state index is 0.0375. The summed E-state index contributed by atoms with van der Waals surface area (Å²) in [6.45, 7) is 8.16. The van der Waals surface area contributed by atoms with Gasteiger partial charge >= 0.3 is 0 Å². The van der Waals surface area contributed by atoms with Crippen LogP contribution in [0, 0.1) is 30.6 Å². The second kappa shape index (κ2) is 8.53. The molecule has 1 aliphatic heterocycles. The fraction of sp³-hybridized carbons (Fsp3) is 0.320. The Morgan fingerprint density at radius 2 is 2.06 bits per heavy atom. The van der Waals surface area contributed by atoms with Crippen LogP contribution in [0.1, 0.15) is 54.9 Å². The van der Waals surface area contributed by atoms with Crippen molar-refractivity contribution in [2.75, 3.05) is 11.9 Å². The summed E-state index contributed by atoms with van der Waals surface area (Å²) in [5.41, 5.74) is 5.77. The molecule has 0 radical (unpaired) electrons. The number of carbonyl (C=O) groups excluding carboxylic acids is 1. The Kier molecular flexibility index (Phi) is 5.64. The zero-order valence-electron chi connectivity index (χ0n) is 18.2. The molecule has 0 spiro atoms. The lowest BCUT2D eigenvalue weighted by Crippen LogP contribution is -2.34. The maximum Gasteiger partial charge on any atom is 0.253 e. The fourth-order valence-electron chi connectivity index (χ4n) is 3.92. The Morgan fingerprint density at radius 3 is 2.84 bits per heavy atom. The van der Waals surface area contributed by atoms with Crippen molar-refractivity contribution in [3.63, 3.8) is 0 Å². The first-order valence-electron chi connectivity index (χ1n) is 10.4. The highest BCUT2D eigenvalue weighted by molar-refractivity contribution is 6.00. The molecule has 3 heterocycles. The largest absolute Gasteiger partial charge is 0.357 e. The predicted octanol–water partition coefficient (Wildman–Crippen LogP) is 4.00. The molecule has 1 aliphatic rings. The number of amides is 1. The van der Waals surface area contributed by atoms with Gasteiger partial charge in [-0.3, -0.25) is 4.79 Å². The van der Waals surface area contributed by atoms with Gasteiger partial charge in [0, 0.05) is 35.8 Å². The number of fused-ring (bicyclic) bond motifs is 2. The van der Waals surface area contributed by atoms with Gasteiger partial charge in [0.15, 0.2) is 0 Å². The van der Waals surface area contributed by atoms with E-state index in [4.69, 9.17) is 9.97 Å². The van der Waals surface area contributed by atoms with Crippen LogP contribution in [0.5, 0.6) is 0 Å². The van der Waals surface area contributed by atoms with E-state index in [-0.39, 0.29) is 17.9 Å². The molecule has 6 nitrogen and oxygen atoms in total. The summed E-state index contributed by atoms with van der Waals surface area (Å²) in [6.07, 6.45) is 0.697. The summed E-state index contributed by atoms with van der Waals surface area (Å²) in [7, 11) is 0. The lowest BCUT2D eigenvalue weighted by atomic mass is 9.94. The van der Waals surface area contributed by atoms with Gasteiger partial charge in [-0.1, -0.05) is 18.1 Å². The van der Waals surface area contributed by atoms with Crippen LogP contribution in [0.2, 0.25) is 0 Å². The molecule has 1 unspecified atom stereocenters. The quantitative estimate of drug-likeness (QED) is 0.567. The minimum atomic E-state index is -0.0605. The number of nitrogens with zero attached hydrogens (tertiary/aromatic N) is 2. The Bertz CT molecular complexity index is 1280. The van der Waals surface area contributed by atoms with Crippen molar-refractivity contribution < 1.29 is 4.79 Å². The normalized spacial score (nSPS) is 15.7. The Balaban J connectivity index is 1.81. The molecule has 156 valence electrons. The van der Waals surface area contributed by atoms with Crippen molar-refractivity contribution in [1.82, 2.24) is 20.3 Å². The number of anilines is 1. The highest BCUT2D eigenvalue weighted by Gasteiger charge is 2.28. The number of hydrogen-bond donors (Lipinski definition) is 3. The van der Waals surface area contributed by atoms with Crippen LogP contribution in [-0.4, -0.2) is 33.4 Å². The van der Waals surface area contributed by atoms with Gasteiger partial charge in [-0.15, -0.1) is 17.8 Å². The molecule has 2 aromatic heterocycles. The zero-order chi connectivity index (χ0) is 22.0. The summed E-state index contributed by atoms with van der Waals surface area (Å²) in [4.78, 5) is 25.6. The van der Waals surface area contributed by atoms with Gasteiger partial charge in [-0.05, 0) is 39.8 Å². The highest BCUT2D eigenvalue weighted by Crippen LogP contribution is 2.33. The van der Waals surface area contributed by atoms with E-state index in [0.29, 0.717) is 24.3 Å². The second-order valence-electron chi connectivity index (χ2n) is 7.64. The number of aromatic amines is 1. The number of para-hydroxylation sites is 1. The standard InChI is InChI=1S/C25H25N5O/c1-5-7-10-17-14-26-25(31)19-13-21(29-22(17)19)18-11-8-12-20-23(18)30-24(16(4)28-20)27-15(3)9-6-2/h8,11-13,15,17,29H,10,14H2,1-4H3,(H,26,31)(H,27,30)/t15-,17?/m1/s1. The summed E-state index contributed by atoms with van der Waals surface area (Å²) < 4.78 is 0. The summed E-state index contributed by atoms with van der Waals surface area (Å²) in [5.74, 6) is 12.9. The first-order chi connectivity index (χ1) is 15.0. The van der Waals surface area contributed by atoms with Crippen LogP contribution < -0.4 is 10.6 Å². The molecule has 0 bridgehead atoms. The van der Waals surface area contributed by atoms with Crippen molar-refractivity contribution >= 4 is 22.8 Å². The van der Waals surface area contributed by atoms with E-state index < -0.39 is 0 Å². The van der Waals surface area contributed by atoms with Crippen molar-refractivity contribution in [1.29, 1.82) is 0 Å². The molecular formula is C25H25N5O. The lowest BCUT2D eigenvalue weighted by Gasteiger charge is -2.21. The lowest BCUT2D eigenvalue weighted by molar-refractivity contribution is 0.0940. The molecule has 6 heteroatoms. The average molecular weight is 412 g/mol. The first-order valence-corrected chi connectivity index (χ1v) is 10.4. The van der Waals surface area contributed by atoms with Crippen molar-refractivity contribution in [3.8, 4) is 34.9 Å². The molecule has 0 saturated carbocycles. The van der Waals surface area contributed by atoms with E-state index in [1.165, 1.54) is 0 Å². The van der Waals surface area contributed by atoms with Crippen LogP contribution in [0.25, 0.3) is 22.3 Å². The Labute approximate surface area is 182 Å². The summed E-state index contributed by atoms with van der Waals surface area (Å²) in [5, 5.41) is 6.30. The van der Waals surface area contributed by atoms with Crippen molar-refractivity contribution in [2.45, 2.75) is 46.1 Å². The van der Waals surface area contributed by atoms with Crippen LogP contribution >= 0.6 is 0 Å². The van der Waals surface area contributed by atoms with Gasteiger partial charge in [0.2, 0.25) is 0 Å². The van der Waals surface area contributed by atoms with E-state index in [2.05, 4.69) is 39.3 Å². The number of H-pyrrole nitrogens is 1. The van der Waals surface area contributed by atoms with Gasteiger partial charge in [0.1, 0.15) is 11.3 Å². The van der Waals surface area contributed by atoms with Crippen LogP contribution in [0.15, 0.2) is 24.3 Å². The molecule has 0 aliphatic carbocycles. The smallest absolute Gasteiger partial charge is 0.253 e. The average Bonchev–Trinajstić information content (AvgIpc) is 3.20. The number of carbonyl (C=O) groups is 1. The third-order valence-electron chi connectivity index (χ3n) is 5.41. The van der Waals surface area contributed by atoms with E-state index >= 15 is 0 Å². The number of nitrogens with one attached hydrogen (secondary N) is 3. The van der Waals surface area contributed by atoms with E-state index in [0.717, 1.165) is 33.7 Å². The molecule has 2 atom stereocenters. The number of aryl methyl sites for hydroxylation is 1. The van der Waals surface area contributed by atoms with E-state index in [9.17, 15) is 4.79 Å². The molecule has 3 N–H and O–H groups in total. The topological polar surface area (TPSA) is 82.7 Å². The predicted molar refractivity (Wildman–Crippen MR) is 124 cm³/mol. The van der Waals surface area contributed by atoms with Gasteiger partial charge in [-0.2, -0.15) is 0 Å². The maximum atomic E-state index is 12.5. The van der Waals surface area contributed by atoms with Crippen molar-refractivity contribution in [3.05, 3.63) is 41.2 Å². The van der Waals surface area contributed by atoms with Crippen LogP contribution in [0.4, 0.5) is 5.82 Å². The minimum Gasteiger partial charge on any atom is -0.357 e. The Morgan fingerprint density at radius 1 is 1.23 bits per heavy atom. The fourth-order valence-corrected chi connectivity index (χ4v) is 3.92. The number of aromatic nitrogens is 3. The summed E-state index contributed by atoms with van der Waals surface area (Å²) in [6, 6.07) is 7.79. The van der Waals surface area contributed by atoms with E-state index in [1.807, 2.05) is 52.0 Å². The second-order valence-corrected chi connectivity index (χ2v) is 7.64. The molecule has 0 saturated heterocycles. The van der Waals surface area contributed by atoms with Crippen LogP contribution in [-0.2, 0) is 0 Å². The van der Waals surface area contributed by atoms with E-state index in [1.54, 1.807) is 0 Å². The maximum absolute atomic E-state index is 12.5. The molecule has 3 aromatic rings. The third kappa shape index (κ3) is 3.98. The molecule has 1 aromatic carbocycles. The molecular weight excluding hydrogens is 386 g/mol. The highest BCUT2D eigenvalue weighted by atomic mass is 16.1. The molecule has 31 heavy (non-hydrogen) atoms. The number of rotatable bonds is 4. The SMILES string of the molecule is CC#CCC1CNC(=O)c2cc(-c3cccc4nc(C)c(N[C@H](C)C#CC)nc34)[nH]c21. The molecule has 4 rings (SSSR count). The number of hydrogen-bond acceptors (Lipinski definition) is 4. The number of benzene rings is 1. The summed E-state index contributed by atoms with van der Waals surface area (Å²) >= 11 is 0. The molecule has 0 fully saturated rings. The monoisotopic (exact) mass is 411 g/mol. The van der Waals surface area contributed by atoms with Gasteiger partial charge in [0.05, 0.1) is 22.8 Å². The Hall–Kier alpha value is -3.77. The zero-order valence-corrected chi connectivity index (χ0v) is 18.2. The van der Waals surface area contributed by atoms with Gasteiger partial charge < -0.3 is 15.6 Å². The van der Waals surface area contributed by atoms with Gasteiger partial charge in [-0.25, -0.2) is 9.97 Å².